The van der Waals surface area contributed by atoms with E-state index in [-0.39, 0.29) is 5.78 Å². The summed E-state index contributed by atoms with van der Waals surface area (Å²) < 4.78 is 5.46. The van der Waals surface area contributed by atoms with Crippen LogP contribution >= 0.6 is 41.7 Å². The van der Waals surface area contributed by atoms with Crippen molar-refractivity contribution in [1.82, 2.24) is 0 Å². The molecule has 0 saturated heterocycles. The van der Waals surface area contributed by atoms with E-state index in [4.69, 9.17) is 39.5 Å². The summed E-state index contributed by atoms with van der Waals surface area (Å²) in [6.07, 6.45) is 0. The fraction of sp³-hybridized carbons (Fsp3) is 0.0370. The van der Waals surface area contributed by atoms with Crippen molar-refractivity contribution in [2.45, 2.75) is 0 Å². The second-order valence-electron chi connectivity index (χ2n) is 7.35. The molecule has 0 aliphatic heterocycles. The van der Waals surface area contributed by atoms with Gasteiger partial charge in [0.25, 0.3) is 0 Å². The number of rotatable bonds is 6. The van der Waals surface area contributed by atoms with Crippen LogP contribution in [0.15, 0.2) is 97.1 Å². The molecule has 0 aliphatic rings. The Morgan fingerprint density at radius 1 is 0.667 bits per heavy atom. The Bertz CT molecular complexity index is 1210. The number of methoxy groups -OCH3 is 1. The largest absolute Gasteiger partial charge is 0.496 e. The zero-order valence-corrected chi connectivity index (χ0v) is 20.9. The number of halogens is 3. The van der Waals surface area contributed by atoms with Gasteiger partial charge in [-0.3, -0.25) is 4.79 Å². The van der Waals surface area contributed by atoms with Gasteiger partial charge in [0.05, 0.1) is 12.7 Å². The summed E-state index contributed by atoms with van der Waals surface area (Å²) in [5, 5.41) is 4.83. The molecule has 166 valence electrons. The third kappa shape index (κ3) is 4.90. The van der Waals surface area contributed by atoms with Crippen LogP contribution in [-0.4, -0.2) is 18.7 Å². The first-order valence-electron chi connectivity index (χ1n) is 10.1. The quantitative estimate of drug-likeness (QED) is 0.214. The van der Waals surface area contributed by atoms with E-state index >= 15 is 0 Å². The van der Waals surface area contributed by atoms with Gasteiger partial charge in [0.2, 0.25) is 0 Å². The van der Waals surface area contributed by atoms with Gasteiger partial charge in [-0.25, -0.2) is 0 Å². The van der Waals surface area contributed by atoms with Crippen LogP contribution in [0, 0.1) is 0 Å². The third-order valence-electron chi connectivity index (χ3n) is 5.39. The number of ether oxygens (including phenoxy) is 1. The first-order chi connectivity index (χ1) is 15.9. The van der Waals surface area contributed by atoms with Crippen LogP contribution in [0.5, 0.6) is 5.75 Å². The lowest BCUT2D eigenvalue weighted by atomic mass is 10.1. The van der Waals surface area contributed by atoms with E-state index in [1.54, 1.807) is 19.2 Å². The van der Waals surface area contributed by atoms with Crippen LogP contribution in [-0.2, 0) is 0 Å². The fourth-order valence-electron chi connectivity index (χ4n) is 3.79. The predicted molar refractivity (Wildman–Crippen MR) is 144 cm³/mol. The number of hydrogen-bond acceptors (Lipinski definition) is 2. The molecule has 0 amide bonds. The Kier molecular flexibility index (Phi) is 7.32. The minimum absolute atomic E-state index is 0.124. The maximum Gasteiger partial charge on any atom is 0.190 e. The monoisotopic (exact) mass is 512 g/mol. The highest BCUT2D eigenvalue weighted by Crippen LogP contribution is 2.45. The highest BCUT2D eigenvalue weighted by molar-refractivity contribution is 7.95. The molecule has 0 saturated carbocycles. The SMILES string of the molecule is COc1ccccc1C(=O)C=P(c1ccc(Cl)cc1)(c1ccc(Cl)cc1)c1ccc(Cl)cc1. The van der Waals surface area contributed by atoms with Crippen LogP contribution < -0.4 is 20.7 Å². The first kappa shape index (κ1) is 23.7. The van der Waals surface area contributed by atoms with Crippen LogP contribution in [0.1, 0.15) is 10.4 Å². The summed E-state index contributed by atoms with van der Waals surface area (Å²) in [5.41, 5.74) is 0.501. The van der Waals surface area contributed by atoms with Gasteiger partial charge >= 0.3 is 0 Å². The van der Waals surface area contributed by atoms with Crippen molar-refractivity contribution in [3.05, 3.63) is 118 Å². The van der Waals surface area contributed by atoms with E-state index in [9.17, 15) is 4.79 Å². The number of Topliss-reactive ketones (excluding diaryl/α,β-unsaturated/α-hetero) is 1. The summed E-state index contributed by atoms with van der Waals surface area (Å²) in [6, 6.07) is 30.2. The number of para-hydroxylation sites is 1. The molecule has 2 nitrogen and oxygen atoms in total. The molecule has 0 radical (unpaired) electrons. The number of carbonyl (C=O) groups is 1. The summed E-state index contributed by atoms with van der Waals surface area (Å²) in [5.74, 6) is 2.24. The number of hydrogen-bond donors (Lipinski definition) is 0. The molecule has 0 heterocycles. The van der Waals surface area contributed by atoms with Crippen molar-refractivity contribution in [2.24, 2.45) is 0 Å². The second kappa shape index (κ2) is 10.2. The number of ketones is 1. The summed E-state index contributed by atoms with van der Waals surface area (Å²) in [4.78, 5) is 13.8. The summed E-state index contributed by atoms with van der Waals surface area (Å²) in [7, 11) is 1.56. The maximum atomic E-state index is 13.8. The van der Waals surface area contributed by atoms with Gasteiger partial charge in [-0.05, 0) is 77.1 Å². The van der Waals surface area contributed by atoms with Gasteiger partial charge in [0.1, 0.15) is 5.75 Å². The second-order valence-corrected chi connectivity index (χ2v) is 11.9. The average molecular weight is 514 g/mol. The van der Waals surface area contributed by atoms with Crippen LogP contribution in [0.25, 0.3) is 0 Å². The standard InChI is InChI=1S/C27H20Cl3O2P/c1-32-27-5-3-2-4-25(27)26(31)18-33(22-12-6-19(28)7-13-22,23-14-8-20(29)9-15-23)24-16-10-21(30)11-17-24/h2-18H,1H3. The molecule has 0 aliphatic carbocycles. The highest BCUT2D eigenvalue weighted by Gasteiger charge is 2.27. The topological polar surface area (TPSA) is 26.3 Å². The van der Waals surface area contributed by atoms with Gasteiger partial charge < -0.3 is 4.74 Å². The van der Waals surface area contributed by atoms with Crippen LogP contribution in [0.3, 0.4) is 0 Å². The molecule has 0 unspecified atom stereocenters. The molecular formula is C27H20Cl3O2P. The van der Waals surface area contributed by atoms with Crippen molar-refractivity contribution >= 4 is 69.2 Å². The molecule has 0 aromatic heterocycles. The van der Waals surface area contributed by atoms with Crippen molar-refractivity contribution in [1.29, 1.82) is 0 Å². The summed E-state index contributed by atoms with van der Waals surface area (Å²) in [6.45, 7) is -2.57. The lowest BCUT2D eigenvalue weighted by molar-refractivity contribution is 0.107. The Balaban J connectivity index is 2.09. The molecule has 6 heteroatoms. The summed E-state index contributed by atoms with van der Waals surface area (Å²) >= 11 is 18.7. The molecule has 4 aromatic carbocycles. The zero-order chi connectivity index (χ0) is 23.4. The smallest absolute Gasteiger partial charge is 0.190 e. The van der Waals surface area contributed by atoms with E-state index in [0.717, 1.165) is 15.9 Å². The van der Waals surface area contributed by atoms with Crippen molar-refractivity contribution in [2.75, 3.05) is 7.11 Å². The Hall–Kier alpha value is -2.48. The molecule has 0 atom stereocenters. The molecule has 0 bridgehead atoms. The molecule has 33 heavy (non-hydrogen) atoms. The van der Waals surface area contributed by atoms with Crippen LogP contribution in [0.4, 0.5) is 0 Å². The van der Waals surface area contributed by atoms with Gasteiger partial charge in [-0.15, -0.1) is 0 Å². The molecule has 0 fully saturated rings. The van der Waals surface area contributed by atoms with Crippen LogP contribution in [0.2, 0.25) is 15.1 Å². The Morgan fingerprint density at radius 2 is 1.06 bits per heavy atom. The molecule has 4 aromatic rings. The van der Waals surface area contributed by atoms with Crippen molar-refractivity contribution < 1.29 is 9.53 Å². The van der Waals surface area contributed by atoms with Crippen molar-refractivity contribution in [3.63, 3.8) is 0 Å². The third-order valence-corrected chi connectivity index (χ3v) is 10.1. The Labute approximate surface area is 208 Å². The van der Waals surface area contributed by atoms with Crippen molar-refractivity contribution in [3.8, 4) is 5.75 Å². The van der Waals surface area contributed by atoms with E-state index in [0.29, 0.717) is 26.4 Å². The Morgan fingerprint density at radius 3 is 1.45 bits per heavy atom. The minimum Gasteiger partial charge on any atom is -0.496 e. The van der Waals surface area contributed by atoms with E-state index in [1.165, 1.54) is 0 Å². The maximum absolute atomic E-state index is 13.8. The number of benzene rings is 4. The zero-order valence-electron chi connectivity index (χ0n) is 17.7. The lowest BCUT2D eigenvalue weighted by Gasteiger charge is -2.28. The average Bonchev–Trinajstić information content (AvgIpc) is 2.84. The van der Waals surface area contributed by atoms with Gasteiger partial charge in [0, 0.05) is 15.1 Å². The highest BCUT2D eigenvalue weighted by atomic mass is 35.5. The van der Waals surface area contributed by atoms with Gasteiger partial charge in [-0.2, -0.15) is 0 Å². The first-order valence-corrected chi connectivity index (χ1v) is 13.1. The van der Waals surface area contributed by atoms with E-state index in [1.807, 2.05) is 90.7 Å². The molecule has 0 spiro atoms. The normalized spacial score (nSPS) is 11.2. The molecule has 0 N–H and O–H groups in total. The predicted octanol–water partition coefficient (Wildman–Crippen LogP) is 6.63. The van der Waals surface area contributed by atoms with E-state index in [2.05, 4.69) is 0 Å². The van der Waals surface area contributed by atoms with Gasteiger partial charge in [-0.1, -0.05) is 83.3 Å². The lowest BCUT2D eigenvalue weighted by Crippen LogP contribution is -2.28. The molecular weight excluding hydrogens is 494 g/mol. The molecule has 4 rings (SSSR count). The van der Waals surface area contributed by atoms with Gasteiger partial charge in [0.15, 0.2) is 5.78 Å². The minimum atomic E-state index is -2.57. The number of carbonyl (C=O) groups excluding carboxylic acids is 1. The van der Waals surface area contributed by atoms with E-state index < -0.39 is 6.89 Å². The fourth-order valence-corrected chi connectivity index (χ4v) is 7.86.